The van der Waals surface area contributed by atoms with Crippen molar-refractivity contribution in [1.82, 2.24) is 9.88 Å². The van der Waals surface area contributed by atoms with E-state index in [1.54, 1.807) is 24.1 Å². The molecule has 0 N–H and O–H groups in total. The van der Waals surface area contributed by atoms with Gasteiger partial charge in [0.25, 0.3) is 11.6 Å². The number of piperidine rings is 1. The number of hydrogen-bond donors (Lipinski definition) is 0. The van der Waals surface area contributed by atoms with E-state index in [0.29, 0.717) is 29.5 Å². The number of nitrogens with zero attached hydrogens (tertiary/aromatic N) is 5. The van der Waals surface area contributed by atoms with Gasteiger partial charge in [-0.25, -0.2) is 4.98 Å². The molecule has 1 aliphatic rings. The predicted octanol–water partition coefficient (Wildman–Crippen LogP) is 5.19. The van der Waals surface area contributed by atoms with Crippen LogP contribution in [0.1, 0.15) is 43.5 Å². The number of nitro benzene ring substituents is 1. The Hall–Kier alpha value is -3.24. The lowest BCUT2D eigenvalue weighted by Gasteiger charge is -2.28. The van der Waals surface area contributed by atoms with Crippen LogP contribution in [0.3, 0.4) is 0 Å². The number of carbonyl (C=O) groups excluding carboxylic acids is 1. The summed E-state index contributed by atoms with van der Waals surface area (Å²) in [6.45, 7) is 8.59. The van der Waals surface area contributed by atoms with E-state index in [-0.39, 0.29) is 16.5 Å². The van der Waals surface area contributed by atoms with E-state index >= 15 is 0 Å². The SMILES string of the molecule is CCN(CC)CCN(C(=O)c1ccc(N2CCCCC2)c([N+](=O)[O-])c1)c1nc2ccc(OC)cc2s1. The molecule has 0 atom stereocenters. The summed E-state index contributed by atoms with van der Waals surface area (Å²) in [5.74, 6) is 0.434. The molecular weight excluding hydrogens is 478 g/mol. The number of aromatic nitrogens is 1. The minimum absolute atomic E-state index is 0.0273. The van der Waals surface area contributed by atoms with Gasteiger partial charge in [0, 0.05) is 37.8 Å². The van der Waals surface area contributed by atoms with Gasteiger partial charge in [-0.3, -0.25) is 19.8 Å². The molecule has 0 bridgehead atoms. The van der Waals surface area contributed by atoms with E-state index in [4.69, 9.17) is 9.72 Å². The van der Waals surface area contributed by atoms with E-state index in [9.17, 15) is 14.9 Å². The molecule has 2 aromatic carbocycles. The van der Waals surface area contributed by atoms with Crippen LogP contribution >= 0.6 is 11.3 Å². The first-order chi connectivity index (χ1) is 17.4. The van der Waals surface area contributed by atoms with Crippen LogP contribution in [-0.4, -0.2) is 67.1 Å². The van der Waals surface area contributed by atoms with Gasteiger partial charge in [-0.2, -0.15) is 0 Å². The molecule has 36 heavy (non-hydrogen) atoms. The van der Waals surface area contributed by atoms with E-state index in [1.165, 1.54) is 17.4 Å². The minimum atomic E-state index is -0.384. The molecule has 3 aromatic rings. The molecule has 9 nitrogen and oxygen atoms in total. The fourth-order valence-electron chi connectivity index (χ4n) is 4.56. The number of likely N-dealkylation sites (N-methyl/N-ethyl adjacent to an activating group) is 1. The summed E-state index contributed by atoms with van der Waals surface area (Å²) in [4.78, 5) is 36.1. The first-order valence-electron chi connectivity index (χ1n) is 12.5. The average molecular weight is 512 g/mol. The third-order valence-electron chi connectivity index (χ3n) is 6.71. The second-order valence-electron chi connectivity index (χ2n) is 8.82. The summed E-state index contributed by atoms with van der Waals surface area (Å²) < 4.78 is 6.25. The van der Waals surface area contributed by atoms with Crippen molar-refractivity contribution in [3.8, 4) is 5.75 Å². The maximum Gasteiger partial charge on any atom is 0.293 e. The lowest BCUT2D eigenvalue weighted by Crippen LogP contribution is -2.39. The number of anilines is 2. The standard InChI is InChI=1S/C26H33N5O4S/c1-4-28(5-2)15-16-30(26-27-21-11-10-20(35-3)18-24(21)36-26)25(32)19-9-12-22(23(17-19)31(33)34)29-13-7-6-8-14-29/h9-12,17-18H,4-8,13-16H2,1-3H3. The topological polar surface area (TPSA) is 92.0 Å². The van der Waals surface area contributed by atoms with Gasteiger partial charge < -0.3 is 14.5 Å². The number of hydrogen-bond acceptors (Lipinski definition) is 8. The van der Waals surface area contributed by atoms with Crippen LogP contribution in [0.2, 0.25) is 0 Å². The summed E-state index contributed by atoms with van der Waals surface area (Å²) in [5.41, 5.74) is 1.63. The quantitative estimate of drug-likeness (QED) is 0.273. The fraction of sp³-hybridized carbons (Fsp3) is 0.462. The van der Waals surface area contributed by atoms with Crippen molar-refractivity contribution in [3.05, 3.63) is 52.1 Å². The highest BCUT2D eigenvalue weighted by atomic mass is 32.1. The maximum atomic E-state index is 13.8. The number of nitro groups is 1. The summed E-state index contributed by atoms with van der Waals surface area (Å²) in [6.07, 6.45) is 3.16. The van der Waals surface area contributed by atoms with Crippen molar-refractivity contribution in [2.45, 2.75) is 33.1 Å². The molecule has 0 aliphatic carbocycles. The Morgan fingerprint density at radius 2 is 1.86 bits per heavy atom. The number of carbonyl (C=O) groups is 1. The lowest BCUT2D eigenvalue weighted by atomic mass is 10.1. The highest BCUT2D eigenvalue weighted by Crippen LogP contribution is 2.34. The number of methoxy groups -OCH3 is 1. The number of amides is 1. The summed E-state index contributed by atoms with van der Waals surface area (Å²) in [7, 11) is 1.61. The lowest BCUT2D eigenvalue weighted by molar-refractivity contribution is -0.384. The molecule has 1 amide bonds. The van der Waals surface area contributed by atoms with Crippen LogP contribution in [0.15, 0.2) is 36.4 Å². The van der Waals surface area contributed by atoms with Gasteiger partial charge in [-0.15, -0.1) is 0 Å². The second kappa shape index (κ2) is 11.7. The van der Waals surface area contributed by atoms with Gasteiger partial charge in [0.1, 0.15) is 11.4 Å². The summed E-state index contributed by atoms with van der Waals surface area (Å²) in [6, 6.07) is 10.5. The molecule has 1 fully saturated rings. The number of rotatable bonds is 10. The normalized spacial score (nSPS) is 13.8. The van der Waals surface area contributed by atoms with E-state index < -0.39 is 0 Å². The molecule has 0 unspecified atom stereocenters. The van der Waals surface area contributed by atoms with Gasteiger partial charge in [-0.05, 0) is 62.7 Å². The molecule has 1 aliphatic heterocycles. The molecule has 0 spiro atoms. The van der Waals surface area contributed by atoms with Crippen LogP contribution in [-0.2, 0) is 0 Å². The van der Waals surface area contributed by atoms with Crippen LogP contribution < -0.4 is 14.5 Å². The van der Waals surface area contributed by atoms with Crippen molar-refractivity contribution in [1.29, 1.82) is 0 Å². The Kier molecular flexibility index (Phi) is 8.37. The van der Waals surface area contributed by atoms with Crippen LogP contribution in [0, 0.1) is 10.1 Å². The van der Waals surface area contributed by atoms with E-state index in [1.807, 2.05) is 18.2 Å². The Morgan fingerprint density at radius 3 is 2.53 bits per heavy atom. The molecule has 0 radical (unpaired) electrons. The zero-order chi connectivity index (χ0) is 25.7. The number of fused-ring (bicyclic) bond motifs is 1. The number of ether oxygens (including phenoxy) is 1. The predicted molar refractivity (Wildman–Crippen MR) is 145 cm³/mol. The largest absolute Gasteiger partial charge is 0.497 e. The Labute approximate surface area is 215 Å². The summed E-state index contributed by atoms with van der Waals surface area (Å²) in [5, 5.41) is 12.5. The Balaban J connectivity index is 1.70. The Bertz CT molecular complexity index is 1220. The van der Waals surface area contributed by atoms with E-state index in [0.717, 1.165) is 61.4 Å². The van der Waals surface area contributed by atoms with Gasteiger partial charge in [0.05, 0.1) is 22.2 Å². The highest BCUT2D eigenvalue weighted by molar-refractivity contribution is 7.22. The van der Waals surface area contributed by atoms with E-state index in [2.05, 4.69) is 23.6 Å². The molecule has 192 valence electrons. The van der Waals surface area contributed by atoms with Crippen LogP contribution in [0.25, 0.3) is 10.2 Å². The molecule has 0 saturated carbocycles. The molecule has 1 aromatic heterocycles. The molecule has 1 saturated heterocycles. The molecule has 4 rings (SSSR count). The van der Waals surface area contributed by atoms with Crippen LogP contribution in [0.4, 0.5) is 16.5 Å². The highest BCUT2D eigenvalue weighted by Gasteiger charge is 2.27. The number of benzene rings is 2. The maximum absolute atomic E-state index is 13.8. The zero-order valence-corrected chi connectivity index (χ0v) is 21.9. The van der Waals surface area contributed by atoms with Crippen LogP contribution in [0.5, 0.6) is 5.75 Å². The molecule has 2 heterocycles. The molecule has 10 heteroatoms. The van der Waals surface area contributed by atoms with Crippen molar-refractivity contribution in [2.24, 2.45) is 0 Å². The van der Waals surface area contributed by atoms with Gasteiger partial charge >= 0.3 is 0 Å². The van der Waals surface area contributed by atoms with Gasteiger partial charge in [-0.1, -0.05) is 25.2 Å². The van der Waals surface area contributed by atoms with Gasteiger partial charge in [0.15, 0.2) is 5.13 Å². The van der Waals surface area contributed by atoms with Gasteiger partial charge in [0.2, 0.25) is 0 Å². The first kappa shape index (κ1) is 25.8. The minimum Gasteiger partial charge on any atom is -0.497 e. The summed E-state index contributed by atoms with van der Waals surface area (Å²) >= 11 is 1.41. The molecular formula is C26H33N5O4S. The van der Waals surface area contributed by atoms with Crippen molar-refractivity contribution in [3.63, 3.8) is 0 Å². The third kappa shape index (κ3) is 5.60. The third-order valence-corrected chi connectivity index (χ3v) is 7.75. The smallest absolute Gasteiger partial charge is 0.293 e. The average Bonchev–Trinajstić information content (AvgIpc) is 3.34. The monoisotopic (exact) mass is 511 g/mol. The zero-order valence-electron chi connectivity index (χ0n) is 21.1. The fourth-order valence-corrected chi connectivity index (χ4v) is 5.58. The number of thiazole rings is 1. The first-order valence-corrected chi connectivity index (χ1v) is 13.3. The van der Waals surface area contributed by atoms with Crippen molar-refractivity contribution in [2.75, 3.05) is 56.2 Å². The van der Waals surface area contributed by atoms with Crippen molar-refractivity contribution < 1.29 is 14.5 Å². The van der Waals surface area contributed by atoms with Crippen molar-refractivity contribution >= 4 is 44.0 Å². The Morgan fingerprint density at radius 1 is 1.11 bits per heavy atom. The second-order valence-corrected chi connectivity index (χ2v) is 9.83.